The molecule has 0 aliphatic heterocycles. The van der Waals surface area contributed by atoms with E-state index in [0.717, 1.165) is 24.1 Å². The van der Waals surface area contributed by atoms with Crippen molar-refractivity contribution in [2.45, 2.75) is 25.3 Å². The lowest BCUT2D eigenvalue weighted by Gasteiger charge is -2.28. The number of anilines is 1. The van der Waals surface area contributed by atoms with Crippen molar-refractivity contribution in [3.05, 3.63) is 42.5 Å². The molecule has 6 nitrogen and oxygen atoms in total. The van der Waals surface area contributed by atoms with Crippen molar-refractivity contribution in [3.8, 4) is 11.3 Å². The van der Waals surface area contributed by atoms with Crippen molar-refractivity contribution in [2.75, 3.05) is 11.9 Å². The summed E-state index contributed by atoms with van der Waals surface area (Å²) in [7, 11) is 0. The molecule has 1 saturated carbocycles. The summed E-state index contributed by atoms with van der Waals surface area (Å²) in [6.45, 7) is 1.78. The predicted molar refractivity (Wildman–Crippen MR) is 87.8 cm³/mol. The first-order chi connectivity index (χ1) is 11.1. The Hall–Kier alpha value is -2.47. The lowest BCUT2D eigenvalue weighted by molar-refractivity contribution is 0.159. The number of carbonyl (C=O) groups is 1. The van der Waals surface area contributed by atoms with Gasteiger partial charge in [0.25, 0.3) is 0 Å². The highest BCUT2D eigenvalue weighted by atomic mass is 16.3. The van der Waals surface area contributed by atoms with Crippen LogP contribution in [-0.2, 0) is 0 Å². The zero-order valence-corrected chi connectivity index (χ0v) is 13.0. The molecule has 1 aliphatic rings. The Morgan fingerprint density at radius 3 is 2.52 bits per heavy atom. The molecule has 0 spiro atoms. The molecule has 6 heteroatoms. The van der Waals surface area contributed by atoms with E-state index in [1.165, 1.54) is 0 Å². The van der Waals surface area contributed by atoms with Crippen LogP contribution in [0.1, 0.15) is 19.8 Å². The average molecular weight is 312 g/mol. The standard InChI is InChI=1S/C17H20N4O2/c1-17(11-22,13-7-8-13)19-16(23)18-15-10-9-14(20-21-15)12-5-3-2-4-6-12/h2-6,9-10,13,22H,7-8,11H2,1H3,(H2,18,19,21,23). The highest BCUT2D eigenvalue weighted by Crippen LogP contribution is 2.39. The number of nitrogens with zero attached hydrogens (tertiary/aromatic N) is 2. The molecule has 0 bridgehead atoms. The maximum atomic E-state index is 12.1. The van der Waals surface area contributed by atoms with Gasteiger partial charge in [0.15, 0.2) is 5.82 Å². The molecule has 2 aromatic rings. The Labute approximate surface area is 135 Å². The van der Waals surface area contributed by atoms with Crippen molar-refractivity contribution < 1.29 is 9.90 Å². The highest BCUT2D eigenvalue weighted by Gasteiger charge is 2.42. The molecule has 2 amide bonds. The third-order valence-electron chi connectivity index (χ3n) is 4.18. The van der Waals surface area contributed by atoms with Crippen LogP contribution in [0.3, 0.4) is 0 Å². The van der Waals surface area contributed by atoms with E-state index in [-0.39, 0.29) is 12.6 Å². The molecule has 23 heavy (non-hydrogen) atoms. The first-order valence-corrected chi connectivity index (χ1v) is 7.70. The van der Waals surface area contributed by atoms with Crippen LogP contribution in [0.25, 0.3) is 11.3 Å². The Morgan fingerprint density at radius 2 is 1.96 bits per heavy atom. The first-order valence-electron chi connectivity index (χ1n) is 7.70. The molecule has 0 saturated heterocycles. The van der Waals surface area contributed by atoms with E-state index in [2.05, 4.69) is 20.8 Å². The molecular formula is C17H20N4O2. The van der Waals surface area contributed by atoms with Crippen molar-refractivity contribution >= 4 is 11.8 Å². The van der Waals surface area contributed by atoms with Crippen molar-refractivity contribution in [1.29, 1.82) is 0 Å². The largest absolute Gasteiger partial charge is 0.394 e. The molecule has 1 heterocycles. The second kappa shape index (κ2) is 6.34. The fourth-order valence-electron chi connectivity index (χ4n) is 2.56. The summed E-state index contributed by atoms with van der Waals surface area (Å²) in [6.07, 6.45) is 2.06. The van der Waals surface area contributed by atoms with Crippen LogP contribution in [0, 0.1) is 5.92 Å². The van der Waals surface area contributed by atoms with Gasteiger partial charge in [0, 0.05) is 5.56 Å². The molecular weight excluding hydrogens is 292 g/mol. The van der Waals surface area contributed by atoms with Crippen LogP contribution in [0.4, 0.5) is 10.6 Å². The Bertz CT molecular complexity index is 671. The van der Waals surface area contributed by atoms with E-state index in [9.17, 15) is 9.90 Å². The molecule has 1 aromatic heterocycles. The molecule has 1 fully saturated rings. The zero-order chi connectivity index (χ0) is 16.3. The van der Waals surface area contributed by atoms with Gasteiger partial charge < -0.3 is 10.4 Å². The molecule has 1 aliphatic carbocycles. The molecule has 1 atom stereocenters. The van der Waals surface area contributed by atoms with Gasteiger partial charge in [-0.05, 0) is 37.8 Å². The summed E-state index contributed by atoms with van der Waals surface area (Å²) >= 11 is 0. The summed E-state index contributed by atoms with van der Waals surface area (Å²) < 4.78 is 0. The van der Waals surface area contributed by atoms with Gasteiger partial charge in [-0.1, -0.05) is 30.3 Å². The summed E-state index contributed by atoms with van der Waals surface area (Å²) in [5, 5.41) is 23.1. The predicted octanol–water partition coefficient (Wildman–Crippen LogP) is 2.43. The summed E-state index contributed by atoms with van der Waals surface area (Å²) in [5.41, 5.74) is 1.13. The molecule has 120 valence electrons. The van der Waals surface area contributed by atoms with Crippen molar-refractivity contribution in [3.63, 3.8) is 0 Å². The summed E-state index contributed by atoms with van der Waals surface area (Å²) in [5.74, 6) is 0.711. The van der Waals surface area contributed by atoms with E-state index in [4.69, 9.17) is 0 Å². The second-order valence-corrected chi connectivity index (χ2v) is 6.10. The van der Waals surface area contributed by atoms with E-state index in [0.29, 0.717) is 11.7 Å². The number of hydrogen-bond acceptors (Lipinski definition) is 4. The van der Waals surface area contributed by atoms with Crippen LogP contribution in [-0.4, -0.2) is 33.5 Å². The Balaban J connectivity index is 1.63. The number of hydrogen-bond donors (Lipinski definition) is 3. The number of aliphatic hydroxyl groups excluding tert-OH is 1. The molecule has 1 aromatic carbocycles. The number of aliphatic hydroxyl groups is 1. The minimum atomic E-state index is -0.582. The number of rotatable bonds is 5. The van der Waals surface area contributed by atoms with Gasteiger partial charge in [0.05, 0.1) is 17.8 Å². The maximum absolute atomic E-state index is 12.1. The quantitative estimate of drug-likeness (QED) is 0.791. The number of amides is 2. The molecule has 3 N–H and O–H groups in total. The topological polar surface area (TPSA) is 87.1 Å². The van der Waals surface area contributed by atoms with Crippen LogP contribution >= 0.6 is 0 Å². The molecule has 1 unspecified atom stereocenters. The second-order valence-electron chi connectivity index (χ2n) is 6.10. The number of nitrogens with one attached hydrogen (secondary N) is 2. The summed E-state index contributed by atoms with van der Waals surface area (Å²) in [6, 6.07) is 12.9. The van der Waals surface area contributed by atoms with Gasteiger partial charge in [-0.25, -0.2) is 4.79 Å². The number of aromatic nitrogens is 2. The fourth-order valence-corrected chi connectivity index (χ4v) is 2.56. The van der Waals surface area contributed by atoms with E-state index in [1.807, 2.05) is 43.3 Å². The van der Waals surface area contributed by atoms with E-state index >= 15 is 0 Å². The Kier molecular flexibility index (Phi) is 4.25. The first kappa shape index (κ1) is 15.4. The van der Waals surface area contributed by atoms with E-state index in [1.54, 1.807) is 6.07 Å². The average Bonchev–Trinajstić information content (AvgIpc) is 3.41. The van der Waals surface area contributed by atoms with Crippen molar-refractivity contribution in [1.82, 2.24) is 15.5 Å². The summed E-state index contributed by atoms with van der Waals surface area (Å²) in [4.78, 5) is 12.1. The smallest absolute Gasteiger partial charge is 0.320 e. The van der Waals surface area contributed by atoms with Gasteiger partial charge in [0.2, 0.25) is 0 Å². The van der Waals surface area contributed by atoms with Gasteiger partial charge in [0.1, 0.15) is 0 Å². The lowest BCUT2D eigenvalue weighted by Crippen LogP contribution is -2.52. The third-order valence-corrected chi connectivity index (χ3v) is 4.18. The Morgan fingerprint density at radius 1 is 1.22 bits per heavy atom. The van der Waals surface area contributed by atoms with Crippen LogP contribution < -0.4 is 10.6 Å². The third kappa shape index (κ3) is 3.65. The van der Waals surface area contributed by atoms with Crippen LogP contribution in [0.15, 0.2) is 42.5 Å². The number of benzene rings is 1. The molecule has 3 rings (SSSR count). The zero-order valence-electron chi connectivity index (χ0n) is 13.0. The minimum absolute atomic E-state index is 0.0797. The van der Waals surface area contributed by atoms with Gasteiger partial charge in [-0.3, -0.25) is 5.32 Å². The minimum Gasteiger partial charge on any atom is -0.394 e. The fraction of sp³-hybridized carbons (Fsp3) is 0.353. The molecule has 0 radical (unpaired) electrons. The van der Waals surface area contributed by atoms with Crippen LogP contribution in [0.2, 0.25) is 0 Å². The lowest BCUT2D eigenvalue weighted by atomic mass is 9.97. The van der Waals surface area contributed by atoms with Gasteiger partial charge in [-0.15, -0.1) is 10.2 Å². The maximum Gasteiger partial charge on any atom is 0.320 e. The SMILES string of the molecule is CC(CO)(NC(=O)Nc1ccc(-c2ccccc2)nn1)C1CC1. The van der Waals surface area contributed by atoms with Gasteiger partial charge >= 0.3 is 6.03 Å². The number of urea groups is 1. The highest BCUT2D eigenvalue weighted by molar-refractivity contribution is 5.88. The van der Waals surface area contributed by atoms with E-state index < -0.39 is 5.54 Å². The van der Waals surface area contributed by atoms with Crippen molar-refractivity contribution in [2.24, 2.45) is 5.92 Å². The normalized spacial score (nSPS) is 16.4. The van der Waals surface area contributed by atoms with Crippen LogP contribution in [0.5, 0.6) is 0 Å². The van der Waals surface area contributed by atoms with Gasteiger partial charge in [-0.2, -0.15) is 0 Å². The monoisotopic (exact) mass is 312 g/mol. The number of carbonyl (C=O) groups excluding carboxylic acids is 1.